The minimum absolute atomic E-state index is 0.0316. The van der Waals surface area contributed by atoms with Gasteiger partial charge in [0.25, 0.3) is 7.82 Å². The Morgan fingerprint density at radius 2 is 0.790 bits per heavy atom. The normalized spacial score (nSPS) is 14.2. The zero-order chi connectivity index (χ0) is 59.3. The van der Waals surface area contributed by atoms with E-state index >= 15 is 0 Å². The number of hydrogen-bond acceptors (Lipinski definition) is 7. The summed E-state index contributed by atoms with van der Waals surface area (Å²) in [6.45, 7) is 6.71. The van der Waals surface area contributed by atoms with Gasteiger partial charge in [-0.3, -0.25) is 14.2 Å². The van der Waals surface area contributed by atoms with Crippen LogP contribution in [0.25, 0.3) is 0 Å². The number of allylic oxidation sites excluding steroid dienone is 15. The summed E-state index contributed by atoms with van der Waals surface area (Å²) in [6, 6.07) is -0.908. The van der Waals surface area contributed by atoms with Gasteiger partial charge in [-0.15, -0.1) is 0 Å². The summed E-state index contributed by atoms with van der Waals surface area (Å²) in [4.78, 5) is 40.1. The molecule has 9 nitrogen and oxygen atoms in total. The number of rotatable bonds is 60. The summed E-state index contributed by atoms with van der Waals surface area (Å²) in [5.74, 6) is -0.570. The summed E-state index contributed by atoms with van der Waals surface area (Å²) in [7, 11) is 1.16. The zero-order valence-electron chi connectivity index (χ0n) is 53.5. The van der Waals surface area contributed by atoms with E-state index in [4.69, 9.17) is 13.8 Å². The minimum Gasteiger partial charge on any atom is -0.756 e. The van der Waals surface area contributed by atoms with Crippen molar-refractivity contribution >= 4 is 19.7 Å². The predicted octanol–water partition coefficient (Wildman–Crippen LogP) is 20.5. The number of phosphoric ester groups is 1. The van der Waals surface area contributed by atoms with Gasteiger partial charge in [-0.05, 0) is 109 Å². The molecule has 0 aliphatic rings. The van der Waals surface area contributed by atoms with Gasteiger partial charge in [0.05, 0.1) is 33.8 Å². The van der Waals surface area contributed by atoms with Crippen LogP contribution in [0, 0.1) is 0 Å². The molecule has 0 radical (unpaired) electrons. The lowest BCUT2D eigenvalue weighted by Gasteiger charge is -2.30. The first kappa shape index (κ1) is 77.9. The summed E-state index contributed by atoms with van der Waals surface area (Å²) in [5, 5.41) is 3.02. The Balaban J connectivity index is 5.17. The molecule has 0 bridgehead atoms. The van der Waals surface area contributed by atoms with Crippen LogP contribution < -0.4 is 10.2 Å². The van der Waals surface area contributed by atoms with Gasteiger partial charge in [-0.1, -0.05) is 266 Å². The average Bonchev–Trinajstić information content (AvgIpc) is 3.43. The van der Waals surface area contributed by atoms with Gasteiger partial charge in [0.1, 0.15) is 19.3 Å². The van der Waals surface area contributed by atoms with Gasteiger partial charge in [0, 0.05) is 12.8 Å². The molecule has 0 aliphatic carbocycles. The first-order valence-electron chi connectivity index (χ1n) is 33.5. The molecule has 0 rings (SSSR count). The molecule has 0 aromatic rings. The molecule has 1 N–H and O–H groups in total. The second-order valence-corrected chi connectivity index (χ2v) is 25.0. The monoisotopic (exact) mass is 1150 g/mol. The highest BCUT2D eigenvalue weighted by molar-refractivity contribution is 7.45. The quantitative estimate of drug-likeness (QED) is 0.0212. The molecular formula is C71H127N2O7P. The highest BCUT2D eigenvalue weighted by Gasteiger charge is 2.27. The van der Waals surface area contributed by atoms with Crippen LogP contribution in [0.1, 0.15) is 290 Å². The first-order valence-corrected chi connectivity index (χ1v) is 35.0. The molecule has 0 aromatic heterocycles. The van der Waals surface area contributed by atoms with Crippen LogP contribution in [-0.2, 0) is 27.9 Å². The molecule has 0 spiro atoms. The largest absolute Gasteiger partial charge is 0.756 e. The van der Waals surface area contributed by atoms with Crippen LogP contribution in [0.2, 0.25) is 0 Å². The molecule has 1 amide bonds. The second-order valence-electron chi connectivity index (χ2n) is 23.6. The van der Waals surface area contributed by atoms with Gasteiger partial charge in [0.15, 0.2) is 0 Å². The van der Waals surface area contributed by atoms with E-state index in [-0.39, 0.29) is 31.3 Å². The Kier molecular flexibility index (Phi) is 57.8. The Morgan fingerprint density at radius 3 is 1.20 bits per heavy atom. The fraction of sp³-hybridized carbons (Fsp3) is 0.746. The molecule has 468 valence electrons. The van der Waals surface area contributed by atoms with Crippen LogP contribution in [0.15, 0.2) is 97.2 Å². The standard InChI is InChI=1S/C71H127N2O7P/c1-7-10-13-16-19-22-25-27-29-31-33-35-36-38-39-41-43-45-48-51-54-57-60-63-70(74)72-68(67-79-81(76,77)78-66-65-73(4,5)6)69(62-59-56-53-50-47-24-21-18-15-12-9-3)80-71(75)64-61-58-55-52-49-46-44-42-40-37-34-32-30-28-26-23-20-17-14-11-8-2/h10,13,19,22,27-30,33,35,38-39,43,45,59,62,68-69H,7-9,11-12,14-18,20-21,23-26,31-32,34,36-37,40-42,44,46-58,60-61,63-67H2,1-6H3,(H-,72,74,76,77)/b13-10-,22-19-,29-27-,30-28+,35-33-,39-38-,45-43-,62-59+. The van der Waals surface area contributed by atoms with E-state index in [2.05, 4.69) is 111 Å². The van der Waals surface area contributed by atoms with Crippen LogP contribution in [0.3, 0.4) is 0 Å². The summed E-state index contributed by atoms with van der Waals surface area (Å²) in [6.07, 6.45) is 81.0. The lowest BCUT2D eigenvalue weighted by Crippen LogP contribution is -2.47. The van der Waals surface area contributed by atoms with Crippen molar-refractivity contribution in [3.63, 3.8) is 0 Å². The third-order valence-corrected chi connectivity index (χ3v) is 15.5. The molecule has 0 aromatic carbocycles. The number of carbonyl (C=O) groups is 2. The fourth-order valence-electron chi connectivity index (χ4n) is 9.34. The highest BCUT2D eigenvalue weighted by atomic mass is 31.2. The molecule has 3 atom stereocenters. The number of ether oxygens (including phenoxy) is 1. The molecule has 0 heterocycles. The van der Waals surface area contributed by atoms with Gasteiger partial charge in [-0.2, -0.15) is 0 Å². The van der Waals surface area contributed by atoms with E-state index < -0.39 is 26.6 Å². The number of nitrogens with zero attached hydrogens (tertiary/aromatic N) is 1. The number of amides is 1. The fourth-order valence-corrected chi connectivity index (χ4v) is 10.1. The second kappa shape index (κ2) is 60.1. The van der Waals surface area contributed by atoms with Crippen molar-refractivity contribution in [3.05, 3.63) is 97.2 Å². The maximum absolute atomic E-state index is 13.6. The van der Waals surface area contributed by atoms with Crippen molar-refractivity contribution in [2.45, 2.75) is 303 Å². The molecule has 3 unspecified atom stereocenters. The third-order valence-electron chi connectivity index (χ3n) is 14.5. The maximum Gasteiger partial charge on any atom is 0.306 e. The lowest BCUT2D eigenvalue weighted by molar-refractivity contribution is -0.870. The number of hydrogen-bond donors (Lipinski definition) is 1. The average molecular weight is 1150 g/mol. The Bertz CT molecular complexity index is 1710. The number of unbranched alkanes of at least 4 members (excludes halogenated alkanes) is 30. The maximum atomic E-state index is 13.6. The van der Waals surface area contributed by atoms with Gasteiger partial charge in [-0.25, -0.2) is 0 Å². The number of carbonyl (C=O) groups excluding carboxylic acids is 2. The number of phosphoric acid groups is 1. The number of nitrogens with one attached hydrogen (secondary N) is 1. The first-order chi connectivity index (χ1) is 39.4. The Morgan fingerprint density at radius 1 is 0.444 bits per heavy atom. The van der Waals surface area contributed by atoms with Gasteiger partial charge < -0.3 is 28.5 Å². The van der Waals surface area contributed by atoms with Crippen molar-refractivity contribution in [1.82, 2.24) is 5.32 Å². The molecule has 0 saturated heterocycles. The van der Waals surface area contributed by atoms with Crippen LogP contribution in [-0.4, -0.2) is 69.4 Å². The summed E-state index contributed by atoms with van der Waals surface area (Å²) >= 11 is 0. The van der Waals surface area contributed by atoms with E-state index in [1.54, 1.807) is 0 Å². The minimum atomic E-state index is -4.71. The van der Waals surface area contributed by atoms with Crippen molar-refractivity contribution in [1.29, 1.82) is 0 Å². The van der Waals surface area contributed by atoms with Gasteiger partial charge >= 0.3 is 5.97 Å². The lowest BCUT2D eigenvalue weighted by atomic mass is 10.0. The molecule has 10 heteroatoms. The topological polar surface area (TPSA) is 114 Å². The molecule has 0 aliphatic heterocycles. The molecule has 81 heavy (non-hydrogen) atoms. The Labute approximate surface area is 500 Å². The summed E-state index contributed by atoms with van der Waals surface area (Å²) < 4.78 is 30.4. The number of quaternary nitrogens is 1. The van der Waals surface area contributed by atoms with E-state index in [1.165, 1.54) is 148 Å². The van der Waals surface area contributed by atoms with Crippen molar-refractivity contribution in [2.75, 3.05) is 40.9 Å². The van der Waals surface area contributed by atoms with E-state index in [9.17, 15) is 19.0 Å². The van der Waals surface area contributed by atoms with Crippen molar-refractivity contribution in [3.8, 4) is 0 Å². The molecule has 0 fully saturated rings. The zero-order valence-corrected chi connectivity index (χ0v) is 54.4. The SMILES string of the molecule is CC/C=C\C/C=C\C/C=C\C/C=C\C/C=C\C/C=C\CCCCCCC(=O)NC(COP(=O)([O-])OCC[N+](C)(C)C)C(/C=C/CCCCCCCCCCC)OC(=O)CCCCCCCCCCCCC/C=C/CCCCCCCC. The van der Waals surface area contributed by atoms with Crippen molar-refractivity contribution < 1.29 is 37.3 Å². The van der Waals surface area contributed by atoms with Crippen LogP contribution in [0.5, 0.6) is 0 Å². The number of esters is 1. The smallest absolute Gasteiger partial charge is 0.306 e. The predicted molar refractivity (Wildman–Crippen MR) is 348 cm³/mol. The third kappa shape index (κ3) is 61.3. The highest BCUT2D eigenvalue weighted by Crippen LogP contribution is 2.38. The molecule has 0 saturated carbocycles. The molecular weight excluding hydrogens is 1020 g/mol. The van der Waals surface area contributed by atoms with Crippen LogP contribution in [0.4, 0.5) is 0 Å². The van der Waals surface area contributed by atoms with E-state index in [0.29, 0.717) is 17.4 Å². The van der Waals surface area contributed by atoms with E-state index in [0.717, 1.165) is 103 Å². The van der Waals surface area contributed by atoms with Crippen LogP contribution >= 0.6 is 7.82 Å². The Hall–Kier alpha value is -3.07. The van der Waals surface area contributed by atoms with E-state index in [1.807, 2.05) is 33.3 Å². The summed E-state index contributed by atoms with van der Waals surface area (Å²) in [5.41, 5.74) is 0. The van der Waals surface area contributed by atoms with Gasteiger partial charge in [0.2, 0.25) is 5.91 Å². The number of likely N-dealkylation sites (N-methyl/N-ethyl adjacent to an activating group) is 1. The van der Waals surface area contributed by atoms with Crippen molar-refractivity contribution in [2.24, 2.45) is 0 Å².